The summed E-state index contributed by atoms with van der Waals surface area (Å²) in [5.74, 6) is 0. The summed E-state index contributed by atoms with van der Waals surface area (Å²) in [4.78, 5) is 0. The topological polar surface area (TPSA) is 0 Å². The molecule has 0 saturated heterocycles. The molecule has 0 aliphatic rings. The van der Waals surface area contributed by atoms with Crippen LogP contribution in [0.1, 0.15) is 0 Å². The van der Waals surface area contributed by atoms with Crippen LogP contribution in [0.25, 0.3) is 0 Å². The molecular formula is H8BiPTeV. The summed E-state index contributed by atoms with van der Waals surface area (Å²) >= 11 is 0. The van der Waals surface area contributed by atoms with Crippen molar-refractivity contribution < 1.29 is 18.6 Å². The van der Waals surface area contributed by atoms with Gasteiger partial charge in [-0.3, -0.25) is 0 Å². The molecule has 0 nitrogen and oxygen atoms in total. The van der Waals surface area contributed by atoms with Gasteiger partial charge in [0.15, 0.2) is 0 Å². The van der Waals surface area contributed by atoms with E-state index >= 15 is 0 Å². The molecule has 29 valence electrons. The number of hydrogen-bond donors (Lipinski definition) is 0. The fourth-order valence-corrected chi connectivity index (χ4v) is 0. The summed E-state index contributed by atoms with van der Waals surface area (Å²) in [6.07, 6.45) is 0. The van der Waals surface area contributed by atoms with E-state index in [1.54, 1.807) is 0 Å². The zero-order valence-electron chi connectivity index (χ0n) is 2.36. The van der Waals surface area contributed by atoms with Crippen LogP contribution in [0, 0.1) is 0 Å². The minimum absolute atomic E-state index is 0. The van der Waals surface area contributed by atoms with Gasteiger partial charge >= 0.3 is 49.9 Å². The van der Waals surface area contributed by atoms with Gasteiger partial charge < -0.3 is 0 Å². The van der Waals surface area contributed by atoms with Crippen LogP contribution in [-0.4, -0.2) is 49.9 Å². The first-order chi connectivity index (χ1) is 0. The van der Waals surface area contributed by atoms with Gasteiger partial charge in [-0.05, 0) is 0 Å². The molecule has 0 aliphatic heterocycles. The molecule has 0 aromatic heterocycles. The minimum Gasteiger partial charge on any atom is 0 e. The summed E-state index contributed by atoms with van der Waals surface area (Å²) in [6.45, 7) is 0. The zero-order valence-corrected chi connectivity index (χ0v) is 13.5. The maximum absolute atomic E-state index is 0. The van der Waals surface area contributed by atoms with Gasteiger partial charge in [0, 0.05) is 18.6 Å². The molecule has 0 bridgehead atoms. The molecule has 4 heteroatoms. The first-order valence-electron chi connectivity index (χ1n) is 0. The Bertz CT molecular complexity index is 8.00. The SMILES string of the molecule is P.[BiH3].[TeH2].[V]. The van der Waals surface area contributed by atoms with Crippen LogP contribution in [0.5, 0.6) is 0 Å². The van der Waals surface area contributed by atoms with E-state index in [0.29, 0.717) is 0 Å². The van der Waals surface area contributed by atoms with Gasteiger partial charge in [-0.2, -0.15) is 9.90 Å². The summed E-state index contributed by atoms with van der Waals surface area (Å²) in [5, 5.41) is 0. The Balaban J connectivity index is 0. The molecule has 0 aliphatic carbocycles. The predicted molar refractivity (Wildman–Crippen MR) is 29.6 cm³/mol. The molecule has 0 rings (SSSR count). The predicted octanol–water partition coefficient (Wildman–Crippen LogP) is -2.04. The molecule has 4 heavy (non-hydrogen) atoms. The second-order valence-electron chi connectivity index (χ2n) is 0. The molecule has 0 amide bonds. The normalized spacial score (nSPS) is 0. The van der Waals surface area contributed by atoms with Crippen molar-refractivity contribution in [2.45, 2.75) is 0 Å². The molecule has 0 spiro atoms. The van der Waals surface area contributed by atoms with Crippen LogP contribution in [0.3, 0.4) is 0 Å². The molecule has 1 radical (unpaired) electrons. The van der Waals surface area contributed by atoms with E-state index in [-0.39, 0.29) is 78.3 Å². The van der Waals surface area contributed by atoms with Crippen molar-refractivity contribution in [3.05, 3.63) is 0 Å². The number of hydrogen-bond acceptors (Lipinski definition) is 0. The van der Waals surface area contributed by atoms with E-state index in [1.807, 2.05) is 0 Å². The van der Waals surface area contributed by atoms with Gasteiger partial charge in [0.05, 0.1) is 0 Å². The van der Waals surface area contributed by atoms with Crippen LogP contribution >= 0.6 is 9.90 Å². The third-order valence-electron chi connectivity index (χ3n) is 0. The van der Waals surface area contributed by atoms with Crippen molar-refractivity contribution in [2.24, 2.45) is 0 Å². The van der Waals surface area contributed by atoms with Gasteiger partial charge in [-0.1, -0.05) is 0 Å². The molecule has 0 fully saturated rings. The molecule has 0 aromatic rings. The van der Waals surface area contributed by atoms with Gasteiger partial charge in [0.25, 0.3) is 0 Å². The molecule has 0 saturated carbocycles. The molecule has 0 aromatic carbocycles. The second kappa shape index (κ2) is 17.3. The maximum atomic E-state index is 0. The summed E-state index contributed by atoms with van der Waals surface area (Å²) in [6, 6.07) is 0. The van der Waals surface area contributed by atoms with Crippen molar-refractivity contribution in [2.75, 3.05) is 0 Å². The van der Waals surface area contributed by atoms with E-state index in [2.05, 4.69) is 0 Å². The molecule has 0 heterocycles. The van der Waals surface area contributed by atoms with Gasteiger partial charge in [0.2, 0.25) is 0 Å². The Hall–Kier alpha value is 2.69. The third kappa shape index (κ3) is 8.82. The Kier molecular flexibility index (Phi) is 130. The van der Waals surface area contributed by atoms with E-state index in [0.717, 1.165) is 0 Å². The largest absolute Gasteiger partial charge is 0 e. The average molecular weight is 427 g/mol. The first kappa shape index (κ1) is 30.0. The van der Waals surface area contributed by atoms with E-state index < -0.39 is 0 Å². The number of rotatable bonds is 0. The fourth-order valence-electron chi connectivity index (χ4n) is 0. The van der Waals surface area contributed by atoms with Crippen LogP contribution in [0.15, 0.2) is 0 Å². The van der Waals surface area contributed by atoms with E-state index in [4.69, 9.17) is 0 Å². The van der Waals surface area contributed by atoms with E-state index in [1.165, 1.54) is 0 Å². The Morgan fingerprint density at radius 1 is 1.00 bits per heavy atom. The second-order valence-corrected chi connectivity index (χ2v) is 0. The van der Waals surface area contributed by atoms with Gasteiger partial charge in [-0.15, -0.1) is 0 Å². The van der Waals surface area contributed by atoms with Gasteiger partial charge in [-0.25, -0.2) is 0 Å². The molecule has 1 atom stereocenters. The summed E-state index contributed by atoms with van der Waals surface area (Å²) < 4.78 is 0. The Morgan fingerprint density at radius 3 is 1.00 bits per heavy atom. The van der Waals surface area contributed by atoms with Crippen molar-refractivity contribution in [1.29, 1.82) is 0 Å². The summed E-state index contributed by atoms with van der Waals surface area (Å²) in [7, 11) is 0. The molecule has 1 unspecified atom stereocenters. The smallest absolute Gasteiger partial charge is 0 e. The molecular weight excluding hydrogens is 418 g/mol. The Labute approximate surface area is 77.2 Å². The van der Waals surface area contributed by atoms with Crippen LogP contribution < -0.4 is 0 Å². The van der Waals surface area contributed by atoms with Crippen LogP contribution in [-0.2, 0) is 18.6 Å². The minimum atomic E-state index is 0. The third-order valence-corrected chi connectivity index (χ3v) is 0. The first-order valence-corrected chi connectivity index (χ1v) is 0. The van der Waals surface area contributed by atoms with Crippen LogP contribution in [0.2, 0.25) is 0 Å². The van der Waals surface area contributed by atoms with Gasteiger partial charge in [0.1, 0.15) is 0 Å². The Morgan fingerprint density at radius 2 is 1.00 bits per heavy atom. The van der Waals surface area contributed by atoms with Crippen molar-refractivity contribution in [3.63, 3.8) is 0 Å². The van der Waals surface area contributed by atoms with Crippen LogP contribution in [0.4, 0.5) is 0 Å². The van der Waals surface area contributed by atoms with E-state index in [9.17, 15) is 0 Å². The van der Waals surface area contributed by atoms with Crippen molar-refractivity contribution in [1.82, 2.24) is 0 Å². The standard InChI is InChI=1S/Bi.H3P.H2Te.V.3H/h;1H3;1H2;;;;. The summed E-state index contributed by atoms with van der Waals surface area (Å²) in [5.41, 5.74) is 0. The molecule has 0 N–H and O–H groups in total. The van der Waals surface area contributed by atoms with Crippen molar-refractivity contribution >= 4 is 59.8 Å². The maximum Gasteiger partial charge on any atom is 0 e. The van der Waals surface area contributed by atoms with Crippen molar-refractivity contribution in [3.8, 4) is 0 Å². The quantitative estimate of drug-likeness (QED) is 0.309. The zero-order chi connectivity index (χ0) is 0. The monoisotopic (exact) mass is 429 g/mol. The fraction of sp³-hybridized carbons (Fsp3) is 0. The average Bonchev–Trinajstić information content (AvgIpc) is 0.